The lowest BCUT2D eigenvalue weighted by molar-refractivity contribution is 0.0343. The predicted molar refractivity (Wildman–Crippen MR) is 119 cm³/mol. The van der Waals surface area contributed by atoms with Gasteiger partial charge < -0.3 is 10.1 Å². The summed E-state index contributed by atoms with van der Waals surface area (Å²) < 4.78 is 21.8. The van der Waals surface area contributed by atoms with Crippen LogP contribution in [0.5, 0.6) is 0 Å². The lowest BCUT2D eigenvalue weighted by Gasteiger charge is -2.38. The minimum absolute atomic E-state index is 0.166. The lowest BCUT2D eigenvalue weighted by atomic mass is 9.82. The van der Waals surface area contributed by atoms with E-state index in [0.717, 1.165) is 46.2 Å². The van der Waals surface area contributed by atoms with Crippen molar-refractivity contribution in [2.45, 2.75) is 37.6 Å². The van der Waals surface area contributed by atoms with Crippen LogP contribution in [0.4, 0.5) is 4.39 Å². The van der Waals surface area contributed by atoms with Crippen molar-refractivity contribution in [1.29, 1.82) is 0 Å². The highest BCUT2D eigenvalue weighted by Gasteiger charge is 2.38. The average molecular weight is 484 g/mol. The number of nitrogens with zero attached hydrogens (tertiary/aromatic N) is 2. The van der Waals surface area contributed by atoms with E-state index in [9.17, 15) is 9.18 Å². The molecule has 1 aliphatic heterocycles. The molecular weight excluding hydrogens is 461 g/mol. The normalized spacial score (nSPS) is 17.4. The number of amides is 1. The van der Waals surface area contributed by atoms with Crippen LogP contribution >= 0.6 is 15.9 Å². The number of halogens is 2. The van der Waals surface area contributed by atoms with Crippen LogP contribution in [0.15, 0.2) is 53.0 Å². The number of ether oxygens (including phenoxy) is 1. The highest BCUT2D eigenvalue weighted by atomic mass is 79.9. The second-order valence-electron chi connectivity index (χ2n) is 8.17. The van der Waals surface area contributed by atoms with Crippen molar-refractivity contribution in [3.8, 4) is 5.69 Å². The summed E-state index contributed by atoms with van der Waals surface area (Å²) in [6, 6.07) is 14.3. The molecular formula is C24H23BrFN3O2. The maximum atomic E-state index is 13.5. The van der Waals surface area contributed by atoms with E-state index in [-0.39, 0.29) is 11.7 Å². The first-order valence-electron chi connectivity index (χ1n) is 10.6. The number of nitrogens with one attached hydrogen (secondary N) is 1. The largest absolute Gasteiger partial charge is 0.381 e. The lowest BCUT2D eigenvalue weighted by Crippen LogP contribution is -2.49. The Morgan fingerprint density at radius 2 is 1.90 bits per heavy atom. The molecule has 5 rings (SSSR count). The van der Waals surface area contributed by atoms with Gasteiger partial charge in [-0.1, -0.05) is 28.1 Å². The predicted octanol–water partition coefficient (Wildman–Crippen LogP) is 4.70. The Morgan fingerprint density at radius 3 is 2.65 bits per heavy atom. The van der Waals surface area contributed by atoms with Crippen molar-refractivity contribution in [2.24, 2.45) is 0 Å². The van der Waals surface area contributed by atoms with Gasteiger partial charge in [0.2, 0.25) is 0 Å². The number of aromatic nitrogens is 2. The number of benzene rings is 2. The van der Waals surface area contributed by atoms with Gasteiger partial charge in [0, 0.05) is 28.9 Å². The van der Waals surface area contributed by atoms with E-state index in [2.05, 4.69) is 38.5 Å². The Bertz CT molecular complexity index is 1120. The molecule has 0 spiro atoms. The average Bonchev–Trinajstić information content (AvgIpc) is 3.38. The maximum absolute atomic E-state index is 13.5. The summed E-state index contributed by atoms with van der Waals surface area (Å²) >= 11 is 3.55. The van der Waals surface area contributed by atoms with E-state index >= 15 is 0 Å². The van der Waals surface area contributed by atoms with Gasteiger partial charge in [-0.3, -0.25) is 4.79 Å². The first-order valence-corrected chi connectivity index (χ1v) is 11.4. The van der Waals surface area contributed by atoms with Gasteiger partial charge in [-0.15, -0.1) is 0 Å². The molecule has 1 aromatic heterocycles. The molecule has 0 atom stereocenters. The Labute approximate surface area is 188 Å². The van der Waals surface area contributed by atoms with Crippen molar-refractivity contribution in [1.82, 2.24) is 15.1 Å². The van der Waals surface area contributed by atoms with E-state index in [4.69, 9.17) is 4.74 Å². The summed E-state index contributed by atoms with van der Waals surface area (Å²) in [7, 11) is 0. The molecule has 2 heterocycles. The summed E-state index contributed by atoms with van der Waals surface area (Å²) in [5, 5.41) is 8.00. The molecule has 1 N–H and O–H groups in total. The molecule has 31 heavy (non-hydrogen) atoms. The van der Waals surface area contributed by atoms with E-state index in [0.29, 0.717) is 31.7 Å². The summed E-state index contributed by atoms with van der Waals surface area (Å²) in [4.78, 5) is 13.5. The molecule has 0 radical (unpaired) electrons. The van der Waals surface area contributed by atoms with Gasteiger partial charge in [0.1, 0.15) is 5.82 Å². The van der Waals surface area contributed by atoms with Gasteiger partial charge in [-0.2, -0.15) is 5.10 Å². The quantitative estimate of drug-likeness (QED) is 0.585. The second kappa shape index (κ2) is 8.20. The summed E-state index contributed by atoms with van der Waals surface area (Å²) in [5.41, 5.74) is 3.85. The Morgan fingerprint density at radius 1 is 1.13 bits per heavy atom. The van der Waals surface area contributed by atoms with Crippen LogP contribution in [0.2, 0.25) is 0 Å². The molecule has 1 fully saturated rings. The second-order valence-corrected chi connectivity index (χ2v) is 9.09. The monoisotopic (exact) mass is 483 g/mol. The Hall–Kier alpha value is -2.51. The van der Waals surface area contributed by atoms with Crippen LogP contribution in [0.25, 0.3) is 5.69 Å². The van der Waals surface area contributed by atoms with Crippen LogP contribution in [-0.2, 0) is 23.1 Å². The Balaban J connectivity index is 1.51. The molecule has 2 aromatic carbocycles. The van der Waals surface area contributed by atoms with Crippen LogP contribution in [0.1, 0.15) is 46.6 Å². The molecule has 160 valence electrons. The maximum Gasteiger partial charge on any atom is 0.272 e. The number of rotatable bonds is 4. The van der Waals surface area contributed by atoms with Gasteiger partial charge in [0.05, 0.1) is 11.2 Å². The molecule has 1 saturated heterocycles. The van der Waals surface area contributed by atoms with Gasteiger partial charge in [-0.05, 0) is 74.1 Å². The van der Waals surface area contributed by atoms with Gasteiger partial charge in [-0.25, -0.2) is 9.07 Å². The molecule has 7 heteroatoms. The van der Waals surface area contributed by atoms with E-state index in [1.54, 1.807) is 16.8 Å². The highest BCUT2D eigenvalue weighted by molar-refractivity contribution is 9.10. The number of carbonyl (C=O) groups excluding carboxylic acids is 1. The molecule has 0 unspecified atom stereocenters. The van der Waals surface area contributed by atoms with Gasteiger partial charge in [0.15, 0.2) is 5.69 Å². The summed E-state index contributed by atoms with van der Waals surface area (Å²) in [6.07, 6.45) is 4.08. The SMILES string of the molecule is O=C(NC1(c2cccc(Br)c2)CCOCC1)c1nn(-c2ccc(F)cc2)c2c1CCC2. The summed E-state index contributed by atoms with van der Waals surface area (Å²) in [5.74, 6) is -0.457. The van der Waals surface area contributed by atoms with E-state index in [1.165, 1.54) is 12.1 Å². The molecule has 5 nitrogen and oxygen atoms in total. The third-order valence-corrected chi connectivity index (χ3v) is 6.79. The topological polar surface area (TPSA) is 56.1 Å². The smallest absolute Gasteiger partial charge is 0.272 e. The fourth-order valence-corrected chi connectivity index (χ4v) is 5.08. The fraction of sp³-hybridized carbons (Fsp3) is 0.333. The van der Waals surface area contributed by atoms with Crippen molar-refractivity contribution in [3.63, 3.8) is 0 Å². The summed E-state index contributed by atoms with van der Waals surface area (Å²) in [6.45, 7) is 1.18. The third kappa shape index (κ3) is 3.81. The first-order chi connectivity index (χ1) is 15.1. The van der Waals surface area contributed by atoms with Crippen molar-refractivity contribution >= 4 is 21.8 Å². The molecule has 1 amide bonds. The standard InChI is InChI=1S/C24H23BrFN3O2/c25-17-4-1-3-16(15-17)24(11-13-31-14-12-24)27-23(30)22-20-5-2-6-21(20)29(28-22)19-9-7-18(26)8-10-19/h1,3-4,7-10,15H,2,5-6,11-14H2,(H,27,30). The highest BCUT2D eigenvalue weighted by Crippen LogP contribution is 2.35. The Kier molecular flexibility index (Phi) is 5.40. The van der Waals surface area contributed by atoms with Crippen molar-refractivity contribution < 1.29 is 13.9 Å². The number of fused-ring (bicyclic) bond motifs is 1. The zero-order valence-electron chi connectivity index (χ0n) is 17.0. The van der Waals surface area contributed by atoms with Gasteiger partial charge in [0.25, 0.3) is 5.91 Å². The molecule has 1 aliphatic carbocycles. The van der Waals surface area contributed by atoms with E-state index in [1.807, 2.05) is 12.1 Å². The van der Waals surface area contributed by atoms with Crippen molar-refractivity contribution in [2.75, 3.05) is 13.2 Å². The van der Waals surface area contributed by atoms with E-state index < -0.39 is 5.54 Å². The zero-order valence-corrected chi connectivity index (χ0v) is 18.6. The minimum Gasteiger partial charge on any atom is -0.381 e. The molecule has 3 aromatic rings. The number of hydrogen-bond donors (Lipinski definition) is 1. The van der Waals surface area contributed by atoms with Crippen LogP contribution < -0.4 is 5.32 Å². The van der Waals surface area contributed by atoms with Crippen molar-refractivity contribution in [3.05, 3.63) is 81.3 Å². The van der Waals surface area contributed by atoms with Gasteiger partial charge >= 0.3 is 0 Å². The number of carbonyl (C=O) groups is 1. The van der Waals surface area contributed by atoms with Crippen LogP contribution in [-0.4, -0.2) is 28.9 Å². The number of hydrogen-bond acceptors (Lipinski definition) is 3. The molecule has 2 aliphatic rings. The molecule has 0 saturated carbocycles. The fourth-order valence-electron chi connectivity index (χ4n) is 4.68. The molecule has 0 bridgehead atoms. The van der Waals surface area contributed by atoms with Crippen LogP contribution in [0, 0.1) is 5.82 Å². The van der Waals surface area contributed by atoms with Crippen LogP contribution in [0.3, 0.4) is 0 Å². The zero-order chi connectivity index (χ0) is 21.4. The minimum atomic E-state index is -0.496. The first kappa shape index (κ1) is 20.4. The third-order valence-electron chi connectivity index (χ3n) is 6.29.